The van der Waals surface area contributed by atoms with Crippen LogP contribution in [0.1, 0.15) is 68.1 Å². The van der Waals surface area contributed by atoms with E-state index < -0.39 is 0 Å². The van der Waals surface area contributed by atoms with E-state index in [1.807, 2.05) is 44.2 Å². The Hall–Kier alpha value is -3.08. The zero-order valence-corrected chi connectivity index (χ0v) is 19.6. The number of ketones is 1. The summed E-state index contributed by atoms with van der Waals surface area (Å²) in [5.74, 6) is 0.649. The lowest BCUT2D eigenvalue weighted by atomic mass is 9.83. The van der Waals surface area contributed by atoms with E-state index in [0.717, 1.165) is 42.7 Å². The summed E-state index contributed by atoms with van der Waals surface area (Å²) in [5, 5.41) is 4.05. The van der Waals surface area contributed by atoms with Crippen LogP contribution in [0.25, 0.3) is 11.0 Å². The van der Waals surface area contributed by atoms with Crippen LogP contribution in [0.4, 0.5) is 11.6 Å². The summed E-state index contributed by atoms with van der Waals surface area (Å²) in [6.45, 7) is 11.9. The minimum atomic E-state index is -0.156. The molecule has 1 aliphatic heterocycles. The Morgan fingerprint density at radius 1 is 1.12 bits per heavy atom. The number of anilines is 2. The number of hydrogen-bond acceptors (Lipinski definition) is 5. The Morgan fingerprint density at radius 3 is 2.50 bits per heavy atom. The Bertz CT molecular complexity index is 1220. The van der Waals surface area contributed by atoms with Gasteiger partial charge in [-0.05, 0) is 62.8 Å². The molecule has 4 rings (SSSR count). The van der Waals surface area contributed by atoms with Crippen LogP contribution in [0.5, 0.6) is 0 Å². The van der Waals surface area contributed by atoms with Crippen molar-refractivity contribution in [3.63, 3.8) is 0 Å². The number of carbonyl (C=O) groups is 1. The maximum atomic E-state index is 13.0. The summed E-state index contributed by atoms with van der Waals surface area (Å²) in [6.07, 6.45) is 2.13. The summed E-state index contributed by atoms with van der Waals surface area (Å²) >= 11 is 0. The number of Topliss-reactive ketones (excluding diaryl/α,β-unsaturated/α-hetero) is 1. The highest BCUT2D eigenvalue weighted by molar-refractivity contribution is 5.99. The van der Waals surface area contributed by atoms with Gasteiger partial charge in [0.05, 0.1) is 11.4 Å². The average Bonchev–Trinajstić information content (AvgIpc) is 2.74. The second kappa shape index (κ2) is 8.45. The van der Waals surface area contributed by atoms with Crippen LogP contribution in [0, 0.1) is 12.3 Å². The van der Waals surface area contributed by atoms with Gasteiger partial charge in [-0.25, -0.2) is 0 Å². The first kappa shape index (κ1) is 22.1. The lowest BCUT2D eigenvalue weighted by molar-refractivity contribution is 0.101. The van der Waals surface area contributed by atoms with E-state index in [4.69, 9.17) is 4.42 Å². The molecule has 0 bridgehead atoms. The maximum absolute atomic E-state index is 13.0. The molecule has 1 N–H and O–H groups in total. The lowest BCUT2D eigenvalue weighted by Gasteiger charge is -2.37. The minimum absolute atomic E-state index is 0.0104. The zero-order chi connectivity index (χ0) is 23.0. The summed E-state index contributed by atoms with van der Waals surface area (Å²) in [7, 11) is 0. The van der Waals surface area contributed by atoms with Gasteiger partial charge in [-0.2, -0.15) is 0 Å². The molecule has 1 fully saturated rings. The number of fused-ring (bicyclic) bond motifs is 1. The standard InChI is InChI=1S/C27H32N2O3/c1-17-14-21(18(2)28-23-9-7-6-8-20(23)19(3)30)26-22(15-17)24(31)16-25(32-26)29-12-10-27(4,5)11-13-29/h6-9,14-16,18,28H,10-13H2,1-5H3. The third-order valence-electron chi connectivity index (χ3n) is 6.56. The van der Waals surface area contributed by atoms with Gasteiger partial charge in [-0.1, -0.05) is 32.0 Å². The number of rotatable bonds is 5. The SMILES string of the molecule is CC(=O)c1ccccc1NC(C)c1cc(C)cc2c(=O)cc(N3CCC(C)(C)CC3)oc12. The zero-order valence-electron chi connectivity index (χ0n) is 19.6. The van der Waals surface area contributed by atoms with E-state index in [-0.39, 0.29) is 17.3 Å². The molecule has 1 aromatic heterocycles. The normalized spacial score (nSPS) is 16.7. The topological polar surface area (TPSA) is 62.6 Å². The highest BCUT2D eigenvalue weighted by atomic mass is 16.4. The average molecular weight is 433 g/mol. The third kappa shape index (κ3) is 4.43. The van der Waals surface area contributed by atoms with Crippen molar-refractivity contribution in [1.29, 1.82) is 0 Å². The van der Waals surface area contributed by atoms with Crippen LogP contribution in [-0.4, -0.2) is 18.9 Å². The molecule has 5 heteroatoms. The van der Waals surface area contributed by atoms with Gasteiger partial charge >= 0.3 is 0 Å². The molecule has 1 saturated heterocycles. The van der Waals surface area contributed by atoms with Crippen molar-refractivity contribution in [2.45, 2.75) is 53.5 Å². The quantitative estimate of drug-likeness (QED) is 0.493. The molecule has 0 radical (unpaired) electrons. The second-order valence-corrected chi connectivity index (χ2v) is 9.80. The fourth-order valence-corrected chi connectivity index (χ4v) is 4.46. The van der Waals surface area contributed by atoms with Crippen molar-refractivity contribution in [2.75, 3.05) is 23.3 Å². The van der Waals surface area contributed by atoms with Gasteiger partial charge in [-0.15, -0.1) is 0 Å². The van der Waals surface area contributed by atoms with Crippen molar-refractivity contribution in [2.24, 2.45) is 5.41 Å². The number of benzene rings is 2. The van der Waals surface area contributed by atoms with Gasteiger partial charge < -0.3 is 14.6 Å². The van der Waals surface area contributed by atoms with Gasteiger partial charge in [0.15, 0.2) is 17.1 Å². The van der Waals surface area contributed by atoms with Crippen LogP contribution in [-0.2, 0) is 0 Å². The van der Waals surface area contributed by atoms with Gasteiger partial charge in [0.25, 0.3) is 0 Å². The molecule has 3 aromatic rings. The van der Waals surface area contributed by atoms with E-state index in [1.54, 1.807) is 13.0 Å². The number of piperidine rings is 1. The second-order valence-electron chi connectivity index (χ2n) is 9.80. The van der Waals surface area contributed by atoms with Gasteiger partial charge in [-0.3, -0.25) is 9.59 Å². The molecule has 0 saturated carbocycles. The largest absolute Gasteiger partial charge is 0.440 e. The van der Waals surface area contributed by atoms with E-state index in [1.165, 1.54) is 0 Å². The molecule has 1 aliphatic rings. The molecule has 1 atom stereocenters. The molecule has 32 heavy (non-hydrogen) atoms. The molecule has 0 aliphatic carbocycles. The summed E-state index contributed by atoms with van der Waals surface area (Å²) in [5.41, 5.74) is 4.25. The molecule has 168 valence electrons. The fraction of sp³-hybridized carbons (Fsp3) is 0.407. The van der Waals surface area contributed by atoms with Crippen molar-refractivity contribution in [3.05, 3.63) is 69.4 Å². The van der Waals surface area contributed by atoms with Gasteiger partial charge in [0.1, 0.15) is 5.58 Å². The van der Waals surface area contributed by atoms with Gasteiger partial charge in [0.2, 0.25) is 0 Å². The maximum Gasteiger partial charge on any atom is 0.200 e. The Kier molecular flexibility index (Phi) is 5.85. The molecule has 1 unspecified atom stereocenters. The van der Waals surface area contributed by atoms with E-state index in [9.17, 15) is 9.59 Å². The van der Waals surface area contributed by atoms with E-state index in [2.05, 4.69) is 30.1 Å². The number of carbonyl (C=O) groups excluding carboxylic acids is 1. The minimum Gasteiger partial charge on any atom is -0.440 e. The van der Waals surface area contributed by atoms with E-state index >= 15 is 0 Å². The van der Waals surface area contributed by atoms with Gasteiger partial charge in [0, 0.05) is 36.0 Å². The Labute approximate surface area is 189 Å². The van der Waals surface area contributed by atoms with Crippen LogP contribution in [0.15, 0.2) is 51.7 Å². The summed E-state index contributed by atoms with van der Waals surface area (Å²) < 4.78 is 6.39. The fourth-order valence-electron chi connectivity index (χ4n) is 4.46. The third-order valence-corrected chi connectivity index (χ3v) is 6.56. The summed E-state index contributed by atoms with van der Waals surface area (Å²) in [4.78, 5) is 27.3. The highest BCUT2D eigenvalue weighted by Gasteiger charge is 2.27. The molecule has 5 nitrogen and oxygen atoms in total. The van der Waals surface area contributed by atoms with Crippen molar-refractivity contribution >= 4 is 28.3 Å². The molecule has 0 spiro atoms. The van der Waals surface area contributed by atoms with Crippen LogP contribution in [0.2, 0.25) is 0 Å². The number of aryl methyl sites for hydroxylation is 1. The van der Waals surface area contributed by atoms with Crippen molar-refractivity contribution < 1.29 is 9.21 Å². The predicted molar refractivity (Wildman–Crippen MR) is 131 cm³/mol. The Balaban J connectivity index is 1.75. The molecule has 2 heterocycles. The summed E-state index contributed by atoms with van der Waals surface area (Å²) in [6, 6.07) is 12.9. The first-order valence-corrected chi connectivity index (χ1v) is 11.3. The van der Waals surface area contributed by atoms with Crippen LogP contribution in [0.3, 0.4) is 0 Å². The number of para-hydroxylation sites is 1. The molecule has 2 aromatic carbocycles. The number of nitrogens with zero attached hydrogens (tertiary/aromatic N) is 1. The smallest absolute Gasteiger partial charge is 0.200 e. The Morgan fingerprint density at radius 2 is 1.81 bits per heavy atom. The van der Waals surface area contributed by atoms with E-state index in [0.29, 0.717) is 27.8 Å². The highest BCUT2D eigenvalue weighted by Crippen LogP contribution is 2.34. The van der Waals surface area contributed by atoms with Crippen molar-refractivity contribution in [1.82, 2.24) is 0 Å². The van der Waals surface area contributed by atoms with Crippen LogP contribution >= 0.6 is 0 Å². The molecular formula is C27H32N2O3. The van der Waals surface area contributed by atoms with Crippen LogP contribution < -0.4 is 15.6 Å². The molecular weight excluding hydrogens is 400 g/mol. The monoisotopic (exact) mass is 432 g/mol. The first-order valence-electron chi connectivity index (χ1n) is 11.3. The first-order chi connectivity index (χ1) is 15.1. The number of nitrogens with one attached hydrogen (secondary N) is 1. The lowest BCUT2D eigenvalue weighted by Crippen LogP contribution is -2.37. The molecule has 0 amide bonds. The number of hydrogen-bond donors (Lipinski definition) is 1. The van der Waals surface area contributed by atoms with Crippen molar-refractivity contribution in [3.8, 4) is 0 Å². The predicted octanol–water partition coefficient (Wildman–Crippen LogP) is 6.10.